The van der Waals surface area contributed by atoms with Gasteiger partial charge >= 0.3 is 0 Å². The Balaban J connectivity index is 1.74. The number of pyridine rings is 1. The monoisotopic (exact) mass is 320 g/mol. The maximum Gasteiger partial charge on any atom is 0.0914 e. The maximum absolute atomic E-state index is 10.0. The van der Waals surface area contributed by atoms with Crippen molar-refractivity contribution in [3.8, 4) is 0 Å². The van der Waals surface area contributed by atoms with Crippen LogP contribution in [0.3, 0.4) is 0 Å². The molecule has 0 aliphatic heterocycles. The summed E-state index contributed by atoms with van der Waals surface area (Å²) in [5.74, 6) is 0. The lowest BCUT2D eigenvalue weighted by atomic mass is 10.1. The number of nitrogens with one attached hydrogen (secondary N) is 1. The van der Waals surface area contributed by atoms with Crippen LogP contribution in [0.5, 0.6) is 0 Å². The van der Waals surface area contributed by atoms with E-state index in [2.05, 4.69) is 26.2 Å². The summed E-state index contributed by atoms with van der Waals surface area (Å²) in [6.45, 7) is 1.35. The number of hydrogen-bond acceptors (Lipinski definition) is 3. The highest BCUT2D eigenvalue weighted by Gasteiger charge is 2.06. The number of halogens is 1. The quantitative estimate of drug-likeness (QED) is 0.804. The van der Waals surface area contributed by atoms with Crippen LogP contribution in [0.2, 0.25) is 0 Å². The highest BCUT2D eigenvalue weighted by molar-refractivity contribution is 9.10. The van der Waals surface area contributed by atoms with Gasteiger partial charge < -0.3 is 10.4 Å². The van der Waals surface area contributed by atoms with Crippen molar-refractivity contribution in [3.63, 3.8) is 0 Å². The van der Waals surface area contributed by atoms with Crippen molar-refractivity contribution in [1.29, 1.82) is 0 Å². The van der Waals surface area contributed by atoms with Gasteiger partial charge in [-0.05, 0) is 29.8 Å². The first-order valence-electron chi connectivity index (χ1n) is 6.30. The van der Waals surface area contributed by atoms with Crippen molar-refractivity contribution in [3.05, 3.63) is 64.4 Å². The van der Waals surface area contributed by atoms with Crippen molar-refractivity contribution in [2.75, 3.05) is 13.1 Å². The van der Waals surface area contributed by atoms with Crippen LogP contribution in [-0.2, 0) is 6.42 Å². The maximum atomic E-state index is 10.0. The molecule has 1 aromatic carbocycles. The van der Waals surface area contributed by atoms with Crippen LogP contribution >= 0.6 is 15.9 Å². The molecule has 2 N–H and O–H groups in total. The van der Waals surface area contributed by atoms with Crippen LogP contribution in [0, 0.1) is 0 Å². The third-order valence-corrected chi connectivity index (χ3v) is 3.35. The Morgan fingerprint density at radius 1 is 1.21 bits per heavy atom. The van der Waals surface area contributed by atoms with Gasteiger partial charge in [-0.15, -0.1) is 0 Å². The largest absolute Gasteiger partial charge is 0.387 e. The van der Waals surface area contributed by atoms with E-state index < -0.39 is 6.10 Å². The second-order valence-electron chi connectivity index (χ2n) is 4.35. The zero-order valence-electron chi connectivity index (χ0n) is 10.6. The Hall–Kier alpha value is -1.23. The van der Waals surface area contributed by atoms with Crippen LogP contribution in [0.15, 0.2) is 53.1 Å². The van der Waals surface area contributed by atoms with Crippen molar-refractivity contribution in [1.82, 2.24) is 10.3 Å². The molecule has 100 valence electrons. The van der Waals surface area contributed by atoms with E-state index in [9.17, 15) is 5.11 Å². The predicted molar refractivity (Wildman–Crippen MR) is 79.9 cm³/mol. The van der Waals surface area contributed by atoms with Crippen molar-refractivity contribution < 1.29 is 5.11 Å². The Labute approximate surface area is 121 Å². The second kappa shape index (κ2) is 7.38. The molecule has 1 aromatic heterocycles. The number of aliphatic hydroxyl groups excluding tert-OH is 1. The molecule has 0 fully saturated rings. The highest BCUT2D eigenvalue weighted by atomic mass is 79.9. The Morgan fingerprint density at radius 2 is 2.11 bits per heavy atom. The van der Waals surface area contributed by atoms with Crippen LogP contribution < -0.4 is 5.32 Å². The van der Waals surface area contributed by atoms with Gasteiger partial charge in [0.15, 0.2) is 0 Å². The van der Waals surface area contributed by atoms with E-state index in [1.54, 1.807) is 6.20 Å². The second-order valence-corrected chi connectivity index (χ2v) is 5.26. The molecule has 19 heavy (non-hydrogen) atoms. The molecule has 0 aliphatic rings. The first kappa shape index (κ1) is 14.2. The van der Waals surface area contributed by atoms with E-state index >= 15 is 0 Å². The molecule has 3 nitrogen and oxygen atoms in total. The van der Waals surface area contributed by atoms with Crippen LogP contribution in [0.25, 0.3) is 0 Å². The van der Waals surface area contributed by atoms with E-state index in [-0.39, 0.29) is 0 Å². The van der Waals surface area contributed by atoms with Crippen LogP contribution in [0.4, 0.5) is 0 Å². The molecule has 0 aliphatic carbocycles. The third kappa shape index (κ3) is 4.74. The summed E-state index contributed by atoms with van der Waals surface area (Å²) in [6.07, 6.45) is 2.18. The highest BCUT2D eigenvalue weighted by Crippen LogP contribution is 2.17. The van der Waals surface area contributed by atoms with E-state index in [0.717, 1.165) is 28.7 Å². The summed E-state index contributed by atoms with van der Waals surface area (Å²) in [4.78, 5) is 4.26. The molecular weight excluding hydrogens is 304 g/mol. The normalized spacial score (nSPS) is 12.3. The molecule has 4 heteroatoms. The number of aliphatic hydroxyl groups is 1. The lowest BCUT2D eigenvalue weighted by Gasteiger charge is -2.12. The van der Waals surface area contributed by atoms with E-state index in [1.807, 2.05) is 42.5 Å². The molecule has 1 unspecified atom stereocenters. The minimum Gasteiger partial charge on any atom is -0.387 e. The smallest absolute Gasteiger partial charge is 0.0914 e. The molecule has 0 bridgehead atoms. The molecule has 2 aromatic rings. The zero-order valence-corrected chi connectivity index (χ0v) is 12.2. The van der Waals surface area contributed by atoms with Gasteiger partial charge in [0, 0.05) is 35.9 Å². The zero-order chi connectivity index (χ0) is 13.5. The van der Waals surface area contributed by atoms with Gasteiger partial charge in [0.1, 0.15) is 0 Å². The van der Waals surface area contributed by atoms with Gasteiger partial charge in [-0.2, -0.15) is 0 Å². The van der Waals surface area contributed by atoms with Gasteiger partial charge in [0.2, 0.25) is 0 Å². The lowest BCUT2D eigenvalue weighted by Crippen LogP contribution is -2.24. The summed E-state index contributed by atoms with van der Waals surface area (Å²) in [5, 5.41) is 13.3. The van der Waals surface area contributed by atoms with Gasteiger partial charge in [-0.1, -0.05) is 34.1 Å². The number of aromatic nitrogens is 1. The first-order chi connectivity index (χ1) is 9.25. The van der Waals surface area contributed by atoms with Gasteiger partial charge in [-0.25, -0.2) is 0 Å². The van der Waals surface area contributed by atoms with Crippen LogP contribution in [0.1, 0.15) is 17.4 Å². The minimum absolute atomic E-state index is 0.485. The summed E-state index contributed by atoms with van der Waals surface area (Å²) < 4.78 is 0.984. The molecular formula is C15H17BrN2O. The fourth-order valence-electron chi connectivity index (χ4n) is 1.83. The third-order valence-electron chi connectivity index (χ3n) is 2.86. The molecule has 1 atom stereocenters. The predicted octanol–water partition coefficient (Wildman–Crippen LogP) is 2.71. The summed E-state index contributed by atoms with van der Waals surface area (Å²) >= 11 is 3.40. The average Bonchev–Trinajstić information content (AvgIpc) is 2.44. The lowest BCUT2D eigenvalue weighted by molar-refractivity contribution is 0.175. The average molecular weight is 321 g/mol. The SMILES string of the molecule is OC(CNCCc1ccccn1)c1cccc(Br)c1. The minimum atomic E-state index is -0.485. The topological polar surface area (TPSA) is 45.1 Å². The van der Waals surface area contributed by atoms with Crippen LogP contribution in [-0.4, -0.2) is 23.2 Å². The van der Waals surface area contributed by atoms with Crippen molar-refractivity contribution in [2.45, 2.75) is 12.5 Å². The molecule has 1 heterocycles. The summed E-state index contributed by atoms with van der Waals surface area (Å²) in [6, 6.07) is 13.6. The molecule has 0 saturated heterocycles. The fourth-order valence-corrected chi connectivity index (χ4v) is 2.25. The molecule has 0 spiro atoms. The van der Waals surface area contributed by atoms with E-state index in [4.69, 9.17) is 0 Å². The molecule has 2 rings (SSSR count). The number of hydrogen-bond donors (Lipinski definition) is 2. The molecule has 0 amide bonds. The standard InChI is InChI=1S/C15H17BrN2O/c16-13-5-3-4-12(10-13)15(19)11-17-9-7-14-6-1-2-8-18-14/h1-6,8,10,15,17,19H,7,9,11H2. The van der Waals surface area contributed by atoms with E-state index in [1.165, 1.54) is 0 Å². The van der Waals surface area contributed by atoms with Crippen molar-refractivity contribution >= 4 is 15.9 Å². The van der Waals surface area contributed by atoms with Gasteiger partial charge in [0.25, 0.3) is 0 Å². The summed E-state index contributed by atoms with van der Waals surface area (Å²) in [5.41, 5.74) is 1.98. The Morgan fingerprint density at radius 3 is 2.84 bits per heavy atom. The Bertz CT molecular complexity index is 505. The van der Waals surface area contributed by atoms with E-state index in [0.29, 0.717) is 6.54 Å². The number of rotatable bonds is 6. The van der Waals surface area contributed by atoms with Gasteiger partial charge in [-0.3, -0.25) is 4.98 Å². The summed E-state index contributed by atoms with van der Waals surface area (Å²) in [7, 11) is 0. The number of benzene rings is 1. The van der Waals surface area contributed by atoms with Crippen molar-refractivity contribution in [2.24, 2.45) is 0 Å². The van der Waals surface area contributed by atoms with Gasteiger partial charge in [0.05, 0.1) is 6.10 Å². The number of nitrogens with zero attached hydrogens (tertiary/aromatic N) is 1. The molecule has 0 saturated carbocycles. The molecule has 0 radical (unpaired) electrons. The Kier molecular flexibility index (Phi) is 5.51. The first-order valence-corrected chi connectivity index (χ1v) is 7.09. The fraction of sp³-hybridized carbons (Fsp3) is 0.267.